The number of benzene rings is 1. The van der Waals surface area contributed by atoms with Gasteiger partial charge in [-0.1, -0.05) is 17.7 Å². The summed E-state index contributed by atoms with van der Waals surface area (Å²) in [7, 11) is 0. The number of halogens is 7. The number of alkyl halides is 7. The van der Waals surface area contributed by atoms with Gasteiger partial charge in [0.2, 0.25) is 0 Å². The molecule has 1 rings (SSSR count). The molecule has 0 fully saturated rings. The lowest BCUT2D eigenvalue weighted by molar-refractivity contribution is -0.253. The Labute approximate surface area is 127 Å². The van der Waals surface area contributed by atoms with Gasteiger partial charge in [-0.2, -0.15) is 30.7 Å². The van der Waals surface area contributed by atoms with Gasteiger partial charge in [-0.3, -0.25) is 0 Å². The summed E-state index contributed by atoms with van der Waals surface area (Å²) in [6, 6.07) is 5.42. The van der Waals surface area contributed by atoms with Gasteiger partial charge in [-0.15, -0.1) is 0 Å². The second kappa shape index (κ2) is 8.59. The van der Waals surface area contributed by atoms with Crippen LogP contribution < -0.4 is 4.74 Å². The predicted octanol–water partition coefficient (Wildman–Crippen LogP) is 4.34. The molecule has 0 atom stereocenters. The average molecular weight is 350 g/mol. The minimum Gasteiger partial charge on any atom is -0.459 e. The maximum atomic E-state index is 12.4. The van der Waals surface area contributed by atoms with E-state index in [1.807, 2.05) is 0 Å². The summed E-state index contributed by atoms with van der Waals surface area (Å²) in [6.07, 6.45) is -13.1. The van der Waals surface area contributed by atoms with Crippen molar-refractivity contribution >= 4 is 5.97 Å². The van der Waals surface area contributed by atoms with E-state index >= 15 is 0 Å². The van der Waals surface area contributed by atoms with Crippen LogP contribution in [-0.2, 0) is 9.53 Å². The Morgan fingerprint density at radius 3 is 1.87 bits per heavy atom. The molecule has 0 radical (unpaired) electrons. The fourth-order valence-electron chi connectivity index (χ4n) is 1.02. The van der Waals surface area contributed by atoms with Gasteiger partial charge in [0.25, 0.3) is 0 Å². The van der Waals surface area contributed by atoms with Crippen molar-refractivity contribution < 1.29 is 45.0 Å². The molecular weight excluding hydrogens is 337 g/mol. The Bertz CT molecular complexity index is 483. The Hall–Kier alpha value is -2.00. The van der Waals surface area contributed by atoms with Crippen molar-refractivity contribution in [3.8, 4) is 5.75 Å². The van der Waals surface area contributed by atoms with Crippen LogP contribution in [0.3, 0.4) is 0 Å². The van der Waals surface area contributed by atoms with Gasteiger partial charge < -0.3 is 9.47 Å². The molecule has 1 aromatic rings. The molecular formula is C13H13F7O3. The van der Waals surface area contributed by atoms with Crippen LogP contribution in [0.25, 0.3) is 0 Å². The van der Waals surface area contributed by atoms with Crippen molar-refractivity contribution in [3.63, 3.8) is 0 Å². The maximum absolute atomic E-state index is 12.4. The monoisotopic (exact) mass is 350 g/mol. The van der Waals surface area contributed by atoms with E-state index in [2.05, 4.69) is 9.47 Å². The summed E-state index contributed by atoms with van der Waals surface area (Å²) < 4.78 is 89.1. The standard InChI is InChI=1S/C9H8F4O.C4H5F3O2/c1-6-2-4-7(5-3-6)14-9(12,13)8(10)11;1-2-9-3(8)4(5,6)7/h2-5,8H,1H3;2H2,1H3. The number of rotatable bonds is 4. The summed E-state index contributed by atoms with van der Waals surface area (Å²) in [4.78, 5) is 9.72. The molecule has 0 bridgehead atoms. The first-order chi connectivity index (χ1) is 10.4. The third kappa shape index (κ3) is 8.27. The zero-order valence-corrected chi connectivity index (χ0v) is 12.0. The lowest BCUT2D eigenvalue weighted by Gasteiger charge is -2.16. The molecule has 3 nitrogen and oxygen atoms in total. The summed E-state index contributed by atoms with van der Waals surface area (Å²) in [5.74, 6) is -2.41. The molecule has 0 amide bonds. The molecule has 0 N–H and O–H groups in total. The van der Waals surface area contributed by atoms with Crippen LogP contribution in [0, 0.1) is 6.92 Å². The predicted molar refractivity (Wildman–Crippen MR) is 65.4 cm³/mol. The summed E-state index contributed by atoms with van der Waals surface area (Å²) >= 11 is 0. The molecule has 0 unspecified atom stereocenters. The van der Waals surface area contributed by atoms with E-state index < -0.39 is 24.7 Å². The van der Waals surface area contributed by atoms with Crippen LogP contribution in [-0.4, -0.2) is 31.3 Å². The molecule has 0 saturated heterocycles. The van der Waals surface area contributed by atoms with Crippen molar-refractivity contribution in [2.24, 2.45) is 0 Å². The van der Waals surface area contributed by atoms with E-state index in [0.717, 1.165) is 5.56 Å². The third-order valence-corrected chi connectivity index (χ3v) is 2.04. The van der Waals surface area contributed by atoms with Crippen molar-refractivity contribution in [2.75, 3.05) is 6.61 Å². The van der Waals surface area contributed by atoms with Gasteiger partial charge in [0.05, 0.1) is 6.61 Å². The smallest absolute Gasteiger partial charge is 0.459 e. The Kier molecular flexibility index (Phi) is 7.84. The quantitative estimate of drug-likeness (QED) is 0.599. The SMILES string of the molecule is CCOC(=O)C(F)(F)F.Cc1ccc(OC(F)(F)C(F)F)cc1. The van der Waals surface area contributed by atoms with E-state index in [-0.39, 0.29) is 12.4 Å². The lowest BCUT2D eigenvalue weighted by atomic mass is 10.2. The first kappa shape index (κ1) is 21.0. The van der Waals surface area contributed by atoms with Crippen LogP contribution in [0.4, 0.5) is 30.7 Å². The van der Waals surface area contributed by atoms with Gasteiger partial charge in [0.15, 0.2) is 0 Å². The Morgan fingerprint density at radius 2 is 1.57 bits per heavy atom. The molecule has 0 heterocycles. The lowest BCUT2D eigenvalue weighted by Crippen LogP contribution is -2.33. The van der Waals surface area contributed by atoms with E-state index in [4.69, 9.17) is 0 Å². The van der Waals surface area contributed by atoms with Crippen LogP contribution in [0.1, 0.15) is 12.5 Å². The molecule has 0 aromatic heterocycles. The van der Waals surface area contributed by atoms with E-state index in [0.29, 0.717) is 0 Å². The Morgan fingerprint density at radius 1 is 1.09 bits per heavy atom. The number of ether oxygens (including phenoxy) is 2. The maximum Gasteiger partial charge on any atom is 0.490 e. The van der Waals surface area contributed by atoms with Gasteiger partial charge in [-0.25, -0.2) is 4.79 Å². The van der Waals surface area contributed by atoms with Crippen LogP contribution in [0.15, 0.2) is 24.3 Å². The minimum absolute atomic E-state index is 0.252. The average Bonchev–Trinajstić information content (AvgIpc) is 2.41. The Balaban J connectivity index is 0.000000468. The van der Waals surface area contributed by atoms with Gasteiger partial charge >= 0.3 is 24.7 Å². The fourth-order valence-corrected chi connectivity index (χ4v) is 1.02. The molecule has 1 aromatic carbocycles. The van der Waals surface area contributed by atoms with Crippen molar-refractivity contribution in [2.45, 2.75) is 32.6 Å². The number of hydrogen-bond acceptors (Lipinski definition) is 3. The van der Waals surface area contributed by atoms with Crippen LogP contribution >= 0.6 is 0 Å². The molecule has 10 heteroatoms. The highest BCUT2D eigenvalue weighted by atomic mass is 19.4. The minimum atomic E-state index is -4.85. The summed E-state index contributed by atoms with van der Waals surface area (Å²) in [5, 5.41) is 0. The van der Waals surface area contributed by atoms with Crippen LogP contribution in [0.2, 0.25) is 0 Å². The molecule has 0 aliphatic heterocycles. The summed E-state index contributed by atoms with van der Waals surface area (Å²) in [5.41, 5.74) is 0.831. The molecule has 0 spiro atoms. The zero-order valence-electron chi connectivity index (χ0n) is 12.0. The number of carbonyl (C=O) groups excluding carboxylic acids is 1. The van der Waals surface area contributed by atoms with Gasteiger partial charge in [-0.05, 0) is 26.0 Å². The van der Waals surface area contributed by atoms with E-state index in [9.17, 15) is 35.5 Å². The molecule has 0 aliphatic carbocycles. The van der Waals surface area contributed by atoms with Crippen molar-refractivity contribution in [1.82, 2.24) is 0 Å². The van der Waals surface area contributed by atoms with Gasteiger partial charge in [0.1, 0.15) is 5.75 Å². The number of hydrogen-bond donors (Lipinski definition) is 0. The second-order valence-corrected chi connectivity index (χ2v) is 4.00. The number of aryl methyl sites for hydroxylation is 1. The molecule has 0 aliphatic rings. The zero-order chi connectivity index (χ0) is 18.3. The molecule has 0 saturated carbocycles. The highest BCUT2D eigenvalue weighted by molar-refractivity contribution is 5.75. The summed E-state index contributed by atoms with van der Waals surface area (Å²) in [6.45, 7) is 2.80. The fraction of sp³-hybridized carbons (Fsp3) is 0.462. The third-order valence-electron chi connectivity index (χ3n) is 2.04. The molecule has 132 valence electrons. The normalized spacial score (nSPS) is 11.6. The topological polar surface area (TPSA) is 35.5 Å². The first-order valence-corrected chi connectivity index (χ1v) is 6.05. The second-order valence-electron chi connectivity index (χ2n) is 4.00. The number of carbonyl (C=O) groups is 1. The highest BCUT2D eigenvalue weighted by Crippen LogP contribution is 2.27. The number of esters is 1. The molecule has 23 heavy (non-hydrogen) atoms. The van der Waals surface area contributed by atoms with Crippen molar-refractivity contribution in [3.05, 3.63) is 29.8 Å². The first-order valence-electron chi connectivity index (χ1n) is 6.05. The van der Waals surface area contributed by atoms with Crippen molar-refractivity contribution in [1.29, 1.82) is 0 Å². The van der Waals surface area contributed by atoms with Crippen LogP contribution in [0.5, 0.6) is 5.75 Å². The van der Waals surface area contributed by atoms with E-state index in [1.165, 1.54) is 31.2 Å². The van der Waals surface area contributed by atoms with E-state index in [1.54, 1.807) is 6.92 Å². The highest BCUT2D eigenvalue weighted by Gasteiger charge is 2.43. The van der Waals surface area contributed by atoms with Gasteiger partial charge in [0, 0.05) is 0 Å². The largest absolute Gasteiger partial charge is 0.490 e.